The summed E-state index contributed by atoms with van der Waals surface area (Å²) >= 11 is 0. The topological polar surface area (TPSA) is 196 Å². The van der Waals surface area contributed by atoms with E-state index in [1.165, 1.54) is 18.2 Å². The molecule has 0 saturated carbocycles. The molecule has 10 nitrogen and oxygen atoms in total. The summed E-state index contributed by atoms with van der Waals surface area (Å²) in [7, 11) is 0. The van der Waals surface area contributed by atoms with Crippen molar-refractivity contribution < 1.29 is 50.4 Å². The molecule has 38 heavy (non-hydrogen) atoms. The zero-order chi connectivity index (χ0) is 27.7. The maximum absolute atomic E-state index is 13.3. The second-order valence-electron chi connectivity index (χ2n) is 8.57. The van der Waals surface area contributed by atoms with Crippen LogP contribution in [0.5, 0.6) is 46.0 Å². The number of aryl methyl sites for hydroxylation is 2. The molecular weight excluding hydrogens is 496 g/mol. The second-order valence-corrected chi connectivity index (χ2v) is 8.57. The van der Waals surface area contributed by atoms with Gasteiger partial charge >= 0.3 is 0 Å². The van der Waals surface area contributed by atoms with Gasteiger partial charge in [-0.2, -0.15) is 0 Å². The molecule has 0 unspecified atom stereocenters. The number of phenolic OH excluding ortho intramolecular Hbond substituents is 8. The van der Waals surface area contributed by atoms with Crippen molar-refractivity contribution in [2.75, 3.05) is 0 Å². The number of carbonyl (C=O) groups is 2. The predicted molar refractivity (Wildman–Crippen MR) is 134 cm³/mol. The molecular formula is C28H22O10. The van der Waals surface area contributed by atoms with Gasteiger partial charge in [0.2, 0.25) is 11.6 Å². The van der Waals surface area contributed by atoms with E-state index in [1.807, 2.05) is 0 Å². The largest absolute Gasteiger partial charge is 0.504 e. The van der Waals surface area contributed by atoms with Crippen LogP contribution in [-0.4, -0.2) is 52.4 Å². The Hall–Kier alpha value is -5.38. The molecule has 10 heteroatoms. The van der Waals surface area contributed by atoms with Gasteiger partial charge in [0, 0.05) is 11.1 Å². The Bertz CT molecular complexity index is 1590. The Morgan fingerprint density at radius 1 is 0.474 bits per heavy atom. The van der Waals surface area contributed by atoms with Gasteiger partial charge < -0.3 is 40.9 Å². The van der Waals surface area contributed by atoms with Crippen molar-refractivity contribution in [2.24, 2.45) is 0 Å². The number of ketones is 2. The molecule has 0 radical (unpaired) electrons. The number of hydrogen-bond acceptors (Lipinski definition) is 10. The molecule has 0 aliphatic carbocycles. The molecule has 4 rings (SSSR count). The van der Waals surface area contributed by atoms with E-state index < -0.39 is 46.1 Å². The van der Waals surface area contributed by atoms with Gasteiger partial charge in [0.1, 0.15) is 0 Å². The van der Waals surface area contributed by atoms with Gasteiger partial charge in [-0.05, 0) is 89.7 Å². The molecule has 4 aromatic carbocycles. The van der Waals surface area contributed by atoms with Crippen LogP contribution in [-0.2, 0) is 12.8 Å². The minimum atomic E-state index is -1.12. The summed E-state index contributed by atoms with van der Waals surface area (Å²) in [6, 6.07) is 11.6. The SMILES string of the molecule is O=C(C(=O)c1cc(O)c(O)cc1-c1cc(O)c(O)cc1CCc1ccc(O)c(O)c1)c1ccc(O)c(O)c1. The fourth-order valence-corrected chi connectivity index (χ4v) is 3.99. The van der Waals surface area contributed by atoms with E-state index in [9.17, 15) is 50.4 Å². The van der Waals surface area contributed by atoms with Crippen LogP contribution in [0.15, 0.2) is 60.7 Å². The number of benzene rings is 4. The van der Waals surface area contributed by atoms with E-state index in [0.717, 1.165) is 36.4 Å². The minimum Gasteiger partial charge on any atom is -0.504 e. The maximum Gasteiger partial charge on any atom is 0.234 e. The molecule has 0 fully saturated rings. The lowest BCUT2D eigenvalue weighted by atomic mass is 9.88. The van der Waals surface area contributed by atoms with Crippen molar-refractivity contribution in [1.82, 2.24) is 0 Å². The van der Waals surface area contributed by atoms with E-state index in [-0.39, 0.29) is 46.6 Å². The zero-order valence-corrected chi connectivity index (χ0v) is 19.6. The van der Waals surface area contributed by atoms with Crippen molar-refractivity contribution in [1.29, 1.82) is 0 Å². The van der Waals surface area contributed by atoms with Gasteiger partial charge in [0.25, 0.3) is 0 Å². The highest BCUT2D eigenvalue weighted by Crippen LogP contribution is 2.41. The second kappa shape index (κ2) is 9.94. The summed E-state index contributed by atoms with van der Waals surface area (Å²) in [5, 5.41) is 79.2. The molecule has 8 N–H and O–H groups in total. The number of hydrogen-bond donors (Lipinski definition) is 8. The number of carbonyl (C=O) groups excluding carboxylic acids is 2. The zero-order valence-electron chi connectivity index (χ0n) is 19.6. The third kappa shape index (κ3) is 4.96. The molecule has 0 bridgehead atoms. The molecule has 0 heterocycles. The molecule has 0 aromatic heterocycles. The third-order valence-electron chi connectivity index (χ3n) is 6.02. The summed E-state index contributed by atoms with van der Waals surface area (Å²) in [6.07, 6.45) is 0.465. The lowest BCUT2D eigenvalue weighted by Crippen LogP contribution is -2.16. The summed E-state index contributed by atoms with van der Waals surface area (Å²) in [5.74, 6) is -6.28. The molecule has 0 atom stereocenters. The van der Waals surface area contributed by atoms with Crippen molar-refractivity contribution in [2.45, 2.75) is 12.8 Å². The molecule has 0 saturated heterocycles. The quantitative estimate of drug-likeness (QED) is 0.101. The molecule has 0 spiro atoms. The van der Waals surface area contributed by atoms with Crippen molar-refractivity contribution >= 4 is 11.6 Å². The van der Waals surface area contributed by atoms with Crippen LogP contribution < -0.4 is 0 Å². The molecule has 0 aliphatic heterocycles. The normalized spacial score (nSPS) is 10.8. The monoisotopic (exact) mass is 518 g/mol. The number of aromatic hydroxyl groups is 8. The summed E-state index contributed by atoms with van der Waals surface area (Å²) in [6.45, 7) is 0. The average Bonchev–Trinajstić information content (AvgIpc) is 2.88. The number of Topliss-reactive ketones (excluding diaryl/α,β-unsaturated/α-hetero) is 2. The summed E-state index contributed by atoms with van der Waals surface area (Å²) < 4.78 is 0. The van der Waals surface area contributed by atoms with E-state index in [4.69, 9.17) is 0 Å². The predicted octanol–water partition coefficient (Wildman–Crippen LogP) is 3.85. The molecule has 194 valence electrons. The first-order valence-corrected chi connectivity index (χ1v) is 11.2. The lowest BCUT2D eigenvalue weighted by molar-refractivity contribution is 0.0817. The van der Waals surface area contributed by atoms with E-state index in [1.54, 1.807) is 6.07 Å². The Morgan fingerprint density at radius 2 is 1.00 bits per heavy atom. The molecule has 4 aromatic rings. The van der Waals surface area contributed by atoms with Crippen LogP contribution in [0.1, 0.15) is 31.8 Å². The van der Waals surface area contributed by atoms with Gasteiger partial charge in [-0.15, -0.1) is 0 Å². The fraction of sp³-hybridized carbons (Fsp3) is 0.0714. The Balaban J connectivity index is 1.80. The van der Waals surface area contributed by atoms with E-state index in [2.05, 4.69) is 0 Å². The van der Waals surface area contributed by atoms with Gasteiger partial charge in [-0.25, -0.2) is 0 Å². The number of phenols is 8. The van der Waals surface area contributed by atoms with Crippen molar-refractivity contribution in [3.63, 3.8) is 0 Å². The van der Waals surface area contributed by atoms with E-state index >= 15 is 0 Å². The third-order valence-corrected chi connectivity index (χ3v) is 6.02. The van der Waals surface area contributed by atoms with Gasteiger partial charge in [0.05, 0.1) is 0 Å². The minimum absolute atomic E-state index is 0.0412. The first-order valence-electron chi connectivity index (χ1n) is 11.2. The van der Waals surface area contributed by atoms with Crippen LogP contribution in [0.2, 0.25) is 0 Å². The first-order chi connectivity index (χ1) is 18.0. The number of rotatable bonds is 7. The molecule has 0 amide bonds. The van der Waals surface area contributed by atoms with Crippen molar-refractivity contribution in [3.05, 3.63) is 82.9 Å². The van der Waals surface area contributed by atoms with E-state index in [0.29, 0.717) is 11.1 Å². The van der Waals surface area contributed by atoms with Gasteiger partial charge in [0.15, 0.2) is 46.0 Å². The lowest BCUT2D eigenvalue weighted by Gasteiger charge is -2.16. The highest BCUT2D eigenvalue weighted by atomic mass is 16.3. The van der Waals surface area contributed by atoms with Crippen LogP contribution in [0.3, 0.4) is 0 Å². The Morgan fingerprint density at radius 3 is 1.63 bits per heavy atom. The Labute approximate surface area is 215 Å². The highest BCUT2D eigenvalue weighted by molar-refractivity contribution is 6.50. The van der Waals surface area contributed by atoms with Crippen LogP contribution >= 0.6 is 0 Å². The molecule has 0 aliphatic rings. The summed E-state index contributed by atoms with van der Waals surface area (Å²) in [4.78, 5) is 26.2. The van der Waals surface area contributed by atoms with Crippen LogP contribution in [0.25, 0.3) is 11.1 Å². The smallest absolute Gasteiger partial charge is 0.234 e. The summed E-state index contributed by atoms with van der Waals surface area (Å²) in [5.41, 5.74) is 0.521. The van der Waals surface area contributed by atoms with Crippen LogP contribution in [0.4, 0.5) is 0 Å². The van der Waals surface area contributed by atoms with Gasteiger partial charge in [-0.3, -0.25) is 9.59 Å². The van der Waals surface area contributed by atoms with Crippen molar-refractivity contribution in [3.8, 4) is 57.1 Å². The standard InChI is InChI=1S/C28H22O10/c29-19-5-2-13(7-21(19)31)1-3-14-8-23(33)24(34)10-16(14)17-11-25(35)26(36)12-18(17)28(38)27(37)15-4-6-20(30)22(32)9-15/h2,4-12,29-36H,1,3H2. The van der Waals surface area contributed by atoms with Gasteiger partial charge in [-0.1, -0.05) is 6.07 Å². The average molecular weight is 518 g/mol. The highest BCUT2D eigenvalue weighted by Gasteiger charge is 2.26. The fourth-order valence-electron chi connectivity index (χ4n) is 3.99. The maximum atomic E-state index is 13.3. The van der Waals surface area contributed by atoms with Crippen LogP contribution in [0, 0.1) is 0 Å². The first kappa shape index (κ1) is 25.7. The Kier molecular flexibility index (Phi) is 6.72.